The first-order valence-corrected chi connectivity index (χ1v) is 12.6. The van der Waals surface area contributed by atoms with Crippen LogP contribution < -0.4 is 5.32 Å². The Kier molecular flexibility index (Phi) is 6.14. The number of likely N-dealkylation sites (tertiary alicyclic amines) is 1. The number of aromatic nitrogens is 1. The number of rotatable bonds is 5. The number of hydrogen-bond acceptors (Lipinski definition) is 6. The van der Waals surface area contributed by atoms with Crippen LogP contribution in [0.25, 0.3) is 10.8 Å². The fourth-order valence-corrected chi connectivity index (χ4v) is 6.03. The van der Waals surface area contributed by atoms with E-state index >= 15 is 0 Å². The molecule has 0 unspecified atom stereocenters. The molecule has 1 aliphatic carbocycles. The summed E-state index contributed by atoms with van der Waals surface area (Å²) >= 11 is 6.69. The highest BCUT2D eigenvalue weighted by atomic mass is 35.5. The monoisotopic (exact) mass is 487 g/mol. The lowest BCUT2D eigenvalue weighted by Gasteiger charge is -2.43. The normalized spacial score (nSPS) is 30.6. The van der Waals surface area contributed by atoms with Crippen LogP contribution in [0.1, 0.15) is 51.5 Å². The van der Waals surface area contributed by atoms with E-state index in [1.54, 1.807) is 20.0 Å². The minimum absolute atomic E-state index is 0.0107. The molecule has 3 heterocycles. The maximum absolute atomic E-state index is 12.6. The van der Waals surface area contributed by atoms with Crippen LogP contribution in [0.3, 0.4) is 0 Å². The Morgan fingerprint density at radius 3 is 2.62 bits per heavy atom. The number of hydrogen-bond donors (Lipinski definition) is 3. The summed E-state index contributed by atoms with van der Waals surface area (Å²) in [5.41, 5.74) is -0.0433. The third-order valence-corrected chi connectivity index (χ3v) is 8.50. The molecular formula is C26H34ClN3O4. The molecule has 3 fully saturated rings. The van der Waals surface area contributed by atoms with E-state index in [4.69, 9.17) is 16.3 Å². The van der Waals surface area contributed by atoms with Gasteiger partial charge in [0.2, 0.25) is 5.91 Å². The van der Waals surface area contributed by atoms with Crippen LogP contribution in [0, 0.1) is 11.8 Å². The van der Waals surface area contributed by atoms with Crippen molar-refractivity contribution in [2.24, 2.45) is 11.8 Å². The van der Waals surface area contributed by atoms with Gasteiger partial charge < -0.3 is 20.3 Å². The van der Waals surface area contributed by atoms with E-state index in [9.17, 15) is 15.0 Å². The average Bonchev–Trinajstić information content (AvgIpc) is 3.54. The third-order valence-electron chi connectivity index (χ3n) is 8.17. The lowest BCUT2D eigenvalue weighted by molar-refractivity contribution is -0.118. The maximum atomic E-state index is 12.6. The molecule has 1 amide bonds. The van der Waals surface area contributed by atoms with E-state index in [0.29, 0.717) is 31.4 Å². The lowest BCUT2D eigenvalue weighted by Crippen LogP contribution is -2.56. The van der Waals surface area contributed by atoms with Crippen molar-refractivity contribution < 1.29 is 19.7 Å². The second-order valence-electron chi connectivity index (χ2n) is 11.0. The molecule has 0 bridgehead atoms. The van der Waals surface area contributed by atoms with E-state index in [1.807, 2.05) is 12.1 Å². The fraction of sp³-hybridized carbons (Fsp3) is 0.615. The Morgan fingerprint density at radius 1 is 1.26 bits per heavy atom. The molecule has 5 rings (SSSR count). The van der Waals surface area contributed by atoms with Crippen molar-refractivity contribution in [3.63, 3.8) is 0 Å². The number of halogens is 1. The summed E-state index contributed by atoms with van der Waals surface area (Å²) in [6.45, 7) is 8.32. The number of piperidine rings is 1. The predicted molar refractivity (Wildman–Crippen MR) is 132 cm³/mol. The van der Waals surface area contributed by atoms with Crippen LogP contribution in [-0.2, 0) is 9.53 Å². The van der Waals surface area contributed by atoms with Crippen molar-refractivity contribution in [3.05, 3.63) is 35.0 Å². The molecule has 1 saturated carbocycles. The first-order valence-electron chi connectivity index (χ1n) is 12.2. The van der Waals surface area contributed by atoms with Gasteiger partial charge in [-0.2, -0.15) is 0 Å². The molecule has 4 atom stereocenters. The Labute approximate surface area is 205 Å². The number of carbonyl (C=O) groups is 1. The summed E-state index contributed by atoms with van der Waals surface area (Å²) < 4.78 is 5.52. The third kappa shape index (κ3) is 4.44. The quantitative estimate of drug-likeness (QED) is 0.597. The van der Waals surface area contributed by atoms with E-state index in [1.165, 1.54) is 0 Å². The Balaban J connectivity index is 1.29. The number of aliphatic hydroxyl groups is 2. The van der Waals surface area contributed by atoms with Crippen molar-refractivity contribution >= 4 is 34.1 Å². The smallest absolute Gasteiger partial charge is 0.229 e. The van der Waals surface area contributed by atoms with Crippen LogP contribution in [0.2, 0.25) is 5.02 Å². The van der Waals surface area contributed by atoms with Gasteiger partial charge in [-0.15, -0.1) is 0 Å². The molecule has 8 heteroatoms. The van der Waals surface area contributed by atoms with Gasteiger partial charge in [-0.25, -0.2) is 4.98 Å². The number of anilines is 1. The van der Waals surface area contributed by atoms with Gasteiger partial charge in [-0.3, -0.25) is 9.69 Å². The van der Waals surface area contributed by atoms with Crippen LogP contribution in [0.5, 0.6) is 0 Å². The molecule has 3 N–H and O–H groups in total. The van der Waals surface area contributed by atoms with Crippen LogP contribution in [-0.4, -0.2) is 69.6 Å². The molecular weight excluding hydrogens is 454 g/mol. The number of pyridine rings is 1. The average molecular weight is 488 g/mol. The van der Waals surface area contributed by atoms with E-state index in [-0.39, 0.29) is 23.3 Å². The fourth-order valence-electron chi connectivity index (χ4n) is 5.71. The van der Waals surface area contributed by atoms with Crippen molar-refractivity contribution in [2.75, 3.05) is 31.6 Å². The molecule has 2 aliphatic heterocycles. The molecule has 3 aliphatic rings. The Hall–Kier alpha value is -1.77. The zero-order valence-electron chi connectivity index (χ0n) is 20.1. The SMILES string of the molecule is CC(C)(O)[C@H]1C[C@H]1C(=O)Nc1cc2cc(C3CCN([C@]4(C)COC[C@@H]4O)CC3)c(Cl)cc2cn1. The minimum atomic E-state index is -0.847. The summed E-state index contributed by atoms with van der Waals surface area (Å²) in [6, 6.07) is 5.98. The lowest BCUT2D eigenvalue weighted by atomic mass is 9.85. The van der Waals surface area contributed by atoms with Crippen LogP contribution >= 0.6 is 11.6 Å². The van der Waals surface area contributed by atoms with Gasteiger partial charge in [0.05, 0.1) is 30.5 Å². The highest BCUT2D eigenvalue weighted by Crippen LogP contribution is 2.47. The molecule has 2 saturated heterocycles. The predicted octanol–water partition coefficient (Wildman–Crippen LogP) is 3.56. The van der Waals surface area contributed by atoms with Gasteiger partial charge in [0, 0.05) is 22.5 Å². The Bertz CT molecular complexity index is 1100. The van der Waals surface area contributed by atoms with Crippen LogP contribution in [0.4, 0.5) is 5.82 Å². The molecule has 2 aromatic rings. The number of nitrogens with zero attached hydrogens (tertiary/aromatic N) is 2. The van der Waals surface area contributed by atoms with E-state index in [2.05, 4.69) is 28.2 Å². The Morgan fingerprint density at radius 2 is 2.00 bits per heavy atom. The number of aliphatic hydroxyl groups excluding tert-OH is 1. The highest BCUT2D eigenvalue weighted by Gasteiger charge is 2.51. The molecule has 1 aromatic carbocycles. The first kappa shape index (κ1) is 23.9. The summed E-state index contributed by atoms with van der Waals surface area (Å²) in [4.78, 5) is 19.4. The van der Waals surface area contributed by atoms with Gasteiger partial charge in [0.15, 0.2) is 0 Å². The molecule has 0 spiro atoms. The second kappa shape index (κ2) is 8.71. The van der Waals surface area contributed by atoms with E-state index in [0.717, 1.165) is 47.3 Å². The first-order chi connectivity index (χ1) is 16.1. The maximum Gasteiger partial charge on any atom is 0.229 e. The van der Waals surface area contributed by atoms with Crippen molar-refractivity contribution in [2.45, 2.75) is 63.2 Å². The van der Waals surface area contributed by atoms with Crippen molar-refractivity contribution in [1.29, 1.82) is 0 Å². The van der Waals surface area contributed by atoms with Gasteiger partial charge in [0.25, 0.3) is 0 Å². The zero-order chi connectivity index (χ0) is 24.3. The number of ether oxygens (including phenoxy) is 1. The standard InChI is InChI=1S/C26H34ClN3O4/c1-25(2,33)20-11-19(20)24(32)29-23-10-16-8-18(21(27)9-17(16)12-28-23)15-4-6-30(7-5-15)26(3)14-34-13-22(26)31/h8-10,12,15,19-20,22,31,33H,4-7,11,13-14H2,1-3H3,(H,28,29,32)/t19-,20+,22+,26-/m1/s1. The summed E-state index contributed by atoms with van der Waals surface area (Å²) in [7, 11) is 0. The van der Waals surface area contributed by atoms with Crippen molar-refractivity contribution in [1.82, 2.24) is 9.88 Å². The second-order valence-corrected chi connectivity index (χ2v) is 11.4. The van der Waals surface area contributed by atoms with Gasteiger partial charge in [0.1, 0.15) is 5.82 Å². The largest absolute Gasteiger partial charge is 0.390 e. The van der Waals surface area contributed by atoms with E-state index < -0.39 is 11.7 Å². The number of benzene rings is 1. The summed E-state index contributed by atoms with van der Waals surface area (Å²) in [6.07, 6.45) is 3.91. The number of nitrogens with one attached hydrogen (secondary N) is 1. The molecule has 34 heavy (non-hydrogen) atoms. The molecule has 184 valence electrons. The highest BCUT2D eigenvalue weighted by molar-refractivity contribution is 6.32. The molecule has 0 radical (unpaired) electrons. The summed E-state index contributed by atoms with van der Waals surface area (Å²) in [5.74, 6) is 0.580. The van der Waals surface area contributed by atoms with Gasteiger partial charge >= 0.3 is 0 Å². The molecule has 7 nitrogen and oxygen atoms in total. The zero-order valence-corrected chi connectivity index (χ0v) is 20.8. The molecule has 1 aromatic heterocycles. The minimum Gasteiger partial charge on any atom is -0.390 e. The van der Waals surface area contributed by atoms with Gasteiger partial charge in [-0.05, 0) is 94.1 Å². The number of fused-ring (bicyclic) bond motifs is 1. The van der Waals surface area contributed by atoms with Gasteiger partial charge in [-0.1, -0.05) is 11.6 Å². The topological polar surface area (TPSA) is 94.9 Å². The number of amides is 1. The summed E-state index contributed by atoms with van der Waals surface area (Å²) in [5, 5.41) is 26.1. The van der Waals surface area contributed by atoms with Crippen molar-refractivity contribution in [3.8, 4) is 0 Å². The number of carbonyl (C=O) groups excluding carboxylic acids is 1. The van der Waals surface area contributed by atoms with Crippen LogP contribution in [0.15, 0.2) is 24.4 Å².